The average molecular weight is 258 g/mol. The number of carbonyl (C=O) groups excluding carboxylic acids is 1. The van der Waals surface area contributed by atoms with Gasteiger partial charge in [-0.25, -0.2) is 0 Å². The summed E-state index contributed by atoms with van der Waals surface area (Å²) in [5.74, 6) is -1.03. The van der Waals surface area contributed by atoms with Crippen molar-refractivity contribution in [3.05, 3.63) is 12.2 Å². The normalized spacial score (nSPS) is 28.5. The molecule has 0 saturated carbocycles. The van der Waals surface area contributed by atoms with Crippen LogP contribution in [0.25, 0.3) is 0 Å². The van der Waals surface area contributed by atoms with Gasteiger partial charge in [-0.2, -0.15) is 0 Å². The SMILES string of the molecule is CCOC(=O)C[C@H](O)/C=C\C1(C)COC(C)(C)O1. The molecule has 0 amide bonds. The van der Waals surface area contributed by atoms with Crippen molar-refractivity contribution in [2.75, 3.05) is 13.2 Å². The van der Waals surface area contributed by atoms with Gasteiger partial charge < -0.3 is 19.3 Å². The molecule has 0 radical (unpaired) electrons. The van der Waals surface area contributed by atoms with E-state index in [0.717, 1.165) is 0 Å². The molecule has 5 heteroatoms. The maximum atomic E-state index is 11.2. The highest BCUT2D eigenvalue weighted by Crippen LogP contribution is 2.31. The fraction of sp³-hybridized carbons (Fsp3) is 0.769. The Bertz CT molecular complexity index is 323. The van der Waals surface area contributed by atoms with E-state index in [1.54, 1.807) is 19.1 Å². The van der Waals surface area contributed by atoms with Gasteiger partial charge in [0.05, 0.1) is 25.7 Å². The Kier molecular flexibility index (Phi) is 4.90. The first kappa shape index (κ1) is 15.1. The third kappa shape index (κ3) is 4.76. The van der Waals surface area contributed by atoms with E-state index in [-0.39, 0.29) is 6.42 Å². The second-order valence-electron chi connectivity index (χ2n) is 5.04. The molecule has 0 bridgehead atoms. The Balaban J connectivity index is 2.46. The Morgan fingerprint density at radius 2 is 2.17 bits per heavy atom. The first-order valence-corrected chi connectivity index (χ1v) is 6.13. The van der Waals surface area contributed by atoms with Gasteiger partial charge in [0, 0.05) is 0 Å². The highest BCUT2D eigenvalue weighted by Gasteiger charge is 2.40. The number of ether oxygens (including phenoxy) is 3. The highest BCUT2D eigenvalue weighted by atomic mass is 16.7. The Morgan fingerprint density at radius 1 is 1.50 bits per heavy atom. The van der Waals surface area contributed by atoms with Crippen LogP contribution in [0, 0.1) is 0 Å². The minimum Gasteiger partial charge on any atom is -0.466 e. The van der Waals surface area contributed by atoms with Crippen LogP contribution >= 0.6 is 0 Å². The van der Waals surface area contributed by atoms with E-state index in [0.29, 0.717) is 13.2 Å². The second kappa shape index (κ2) is 5.82. The number of hydrogen-bond donors (Lipinski definition) is 1. The molecule has 1 aliphatic heterocycles. The molecule has 0 aromatic rings. The topological polar surface area (TPSA) is 65.0 Å². The van der Waals surface area contributed by atoms with Crippen molar-refractivity contribution in [1.29, 1.82) is 0 Å². The lowest BCUT2D eigenvalue weighted by Crippen LogP contribution is -2.29. The quantitative estimate of drug-likeness (QED) is 0.596. The van der Waals surface area contributed by atoms with Crippen molar-refractivity contribution in [2.45, 2.75) is 51.6 Å². The van der Waals surface area contributed by atoms with E-state index in [1.807, 2.05) is 20.8 Å². The van der Waals surface area contributed by atoms with Crippen LogP contribution in [0.2, 0.25) is 0 Å². The predicted molar refractivity (Wildman–Crippen MR) is 65.9 cm³/mol. The minimum atomic E-state index is -0.867. The van der Waals surface area contributed by atoms with Crippen molar-refractivity contribution in [3.8, 4) is 0 Å². The maximum Gasteiger partial charge on any atom is 0.308 e. The summed E-state index contributed by atoms with van der Waals surface area (Å²) in [6.45, 7) is 8.01. The smallest absolute Gasteiger partial charge is 0.308 e. The number of rotatable bonds is 5. The third-order valence-corrected chi connectivity index (χ3v) is 2.54. The predicted octanol–water partition coefficient (Wildman–Crippen LogP) is 1.40. The molecule has 1 rings (SSSR count). The summed E-state index contributed by atoms with van der Waals surface area (Å²) in [6, 6.07) is 0. The molecule has 0 spiro atoms. The number of carbonyl (C=O) groups is 1. The van der Waals surface area contributed by atoms with Crippen LogP contribution in [0.3, 0.4) is 0 Å². The van der Waals surface area contributed by atoms with Gasteiger partial charge in [0.15, 0.2) is 5.79 Å². The first-order valence-electron chi connectivity index (χ1n) is 6.13. The monoisotopic (exact) mass is 258 g/mol. The molecular formula is C13H22O5. The maximum absolute atomic E-state index is 11.2. The molecular weight excluding hydrogens is 236 g/mol. The summed E-state index contributed by atoms with van der Waals surface area (Å²) in [7, 11) is 0. The van der Waals surface area contributed by atoms with Crippen molar-refractivity contribution >= 4 is 5.97 Å². The van der Waals surface area contributed by atoms with Crippen LogP contribution < -0.4 is 0 Å². The Labute approximate surface area is 108 Å². The summed E-state index contributed by atoms with van der Waals surface area (Å²) in [5, 5.41) is 9.67. The molecule has 5 nitrogen and oxygen atoms in total. The lowest BCUT2D eigenvalue weighted by molar-refractivity contribution is -0.148. The summed E-state index contributed by atoms with van der Waals surface area (Å²) in [6.07, 6.45) is 2.35. The fourth-order valence-electron chi connectivity index (χ4n) is 1.79. The van der Waals surface area contributed by atoms with Crippen LogP contribution in [-0.2, 0) is 19.0 Å². The van der Waals surface area contributed by atoms with Gasteiger partial charge in [-0.1, -0.05) is 12.2 Å². The molecule has 0 aliphatic carbocycles. The van der Waals surface area contributed by atoms with Gasteiger partial charge >= 0.3 is 5.97 Å². The molecule has 0 aromatic carbocycles. The van der Waals surface area contributed by atoms with Crippen LogP contribution in [0.15, 0.2) is 12.2 Å². The van der Waals surface area contributed by atoms with Crippen LogP contribution in [0.1, 0.15) is 34.1 Å². The van der Waals surface area contributed by atoms with E-state index in [1.165, 1.54) is 0 Å². The number of hydrogen-bond acceptors (Lipinski definition) is 5. The molecule has 0 aromatic heterocycles. The lowest BCUT2D eigenvalue weighted by atomic mass is 10.1. The number of aliphatic hydroxyl groups excluding tert-OH is 1. The fourth-order valence-corrected chi connectivity index (χ4v) is 1.79. The van der Waals surface area contributed by atoms with Gasteiger partial charge in [0.25, 0.3) is 0 Å². The largest absolute Gasteiger partial charge is 0.466 e. The summed E-state index contributed by atoms with van der Waals surface area (Å²) in [5.41, 5.74) is -0.570. The van der Waals surface area contributed by atoms with E-state index >= 15 is 0 Å². The molecule has 1 N–H and O–H groups in total. The zero-order valence-electron chi connectivity index (χ0n) is 11.4. The summed E-state index contributed by atoms with van der Waals surface area (Å²) >= 11 is 0. The van der Waals surface area contributed by atoms with Gasteiger partial charge in [0.2, 0.25) is 0 Å². The van der Waals surface area contributed by atoms with Crippen molar-refractivity contribution in [1.82, 2.24) is 0 Å². The van der Waals surface area contributed by atoms with Gasteiger partial charge in [-0.05, 0) is 27.7 Å². The van der Waals surface area contributed by atoms with E-state index in [4.69, 9.17) is 14.2 Å². The van der Waals surface area contributed by atoms with Crippen LogP contribution in [0.5, 0.6) is 0 Å². The van der Waals surface area contributed by atoms with Crippen molar-refractivity contribution < 1.29 is 24.1 Å². The molecule has 1 unspecified atom stereocenters. The molecule has 18 heavy (non-hydrogen) atoms. The molecule has 1 fully saturated rings. The van der Waals surface area contributed by atoms with E-state index in [9.17, 15) is 9.90 Å². The second-order valence-corrected chi connectivity index (χ2v) is 5.04. The van der Waals surface area contributed by atoms with Crippen LogP contribution in [0.4, 0.5) is 0 Å². The molecule has 1 aliphatic rings. The Morgan fingerprint density at radius 3 is 2.67 bits per heavy atom. The third-order valence-electron chi connectivity index (χ3n) is 2.54. The lowest BCUT2D eigenvalue weighted by Gasteiger charge is -2.22. The van der Waals surface area contributed by atoms with Gasteiger partial charge in [0.1, 0.15) is 5.60 Å². The molecule has 104 valence electrons. The van der Waals surface area contributed by atoms with Gasteiger partial charge in [-0.3, -0.25) is 4.79 Å². The zero-order chi connectivity index (χ0) is 13.8. The molecule has 2 atom stereocenters. The van der Waals surface area contributed by atoms with Crippen LogP contribution in [-0.4, -0.2) is 41.8 Å². The highest BCUT2D eigenvalue weighted by molar-refractivity contribution is 5.70. The number of aliphatic hydroxyl groups is 1. The Hall–Kier alpha value is -0.910. The number of esters is 1. The standard InChI is InChI=1S/C13H22O5/c1-5-16-11(15)8-10(14)6-7-13(4)9-17-12(2,3)18-13/h6-7,10,14H,5,8-9H2,1-4H3/b7-6-/t10-,13?/m1/s1. The van der Waals surface area contributed by atoms with Gasteiger partial charge in [-0.15, -0.1) is 0 Å². The molecule has 1 saturated heterocycles. The van der Waals surface area contributed by atoms with E-state index < -0.39 is 23.5 Å². The molecule has 1 heterocycles. The average Bonchev–Trinajstić information content (AvgIpc) is 2.51. The summed E-state index contributed by atoms with van der Waals surface area (Å²) < 4.78 is 15.9. The summed E-state index contributed by atoms with van der Waals surface area (Å²) in [4.78, 5) is 11.2. The van der Waals surface area contributed by atoms with E-state index in [2.05, 4.69) is 0 Å². The van der Waals surface area contributed by atoms with Crippen molar-refractivity contribution in [2.24, 2.45) is 0 Å². The van der Waals surface area contributed by atoms with Crippen molar-refractivity contribution in [3.63, 3.8) is 0 Å². The first-order chi connectivity index (χ1) is 8.26. The zero-order valence-corrected chi connectivity index (χ0v) is 11.4. The minimum absolute atomic E-state index is 0.0509.